The van der Waals surface area contributed by atoms with Crippen molar-refractivity contribution >= 4 is 33.0 Å². The van der Waals surface area contributed by atoms with Crippen LogP contribution in [-0.4, -0.2) is 37.0 Å². The molecule has 1 aliphatic carbocycles. The SMILES string of the molecule is CNC(CC1CCC(O)CC1)S(=O)(=O)c1ccc(-c2ncc(Cl)cc2Cl)cc1. The van der Waals surface area contributed by atoms with Crippen molar-refractivity contribution in [2.24, 2.45) is 5.92 Å². The molecule has 0 amide bonds. The summed E-state index contributed by atoms with van der Waals surface area (Å²) in [6.45, 7) is 0. The molecule has 152 valence electrons. The van der Waals surface area contributed by atoms with Crippen molar-refractivity contribution in [3.63, 3.8) is 0 Å². The lowest BCUT2D eigenvalue weighted by Gasteiger charge is -2.28. The molecule has 0 spiro atoms. The van der Waals surface area contributed by atoms with E-state index < -0.39 is 15.2 Å². The second-order valence-corrected chi connectivity index (χ2v) is 10.2. The second-order valence-electron chi connectivity index (χ2n) is 7.24. The van der Waals surface area contributed by atoms with Crippen LogP contribution in [0.2, 0.25) is 10.0 Å². The number of nitrogens with zero attached hydrogens (tertiary/aromatic N) is 1. The number of aliphatic hydroxyl groups excluding tert-OH is 1. The fourth-order valence-corrected chi connectivity index (χ4v) is 5.85. The summed E-state index contributed by atoms with van der Waals surface area (Å²) in [5, 5.41) is 12.8. The van der Waals surface area contributed by atoms with Gasteiger partial charge in [0.2, 0.25) is 0 Å². The highest BCUT2D eigenvalue weighted by Crippen LogP contribution is 2.32. The lowest BCUT2D eigenvalue weighted by Crippen LogP contribution is -2.37. The first-order valence-electron chi connectivity index (χ1n) is 9.32. The van der Waals surface area contributed by atoms with Crippen LogP contribution in [0.1, 0.15) is 32.1 Å². The van der Waals surface area contributed by atoms with Gasteiger partial charge in [-0.25, -0.2) is 8.42 Å². The smallest absolute Gasteiger partial charge is 0.194 e. The van der Waals surface area contributed by atoms with Gasteiger partial charge in [-0.1, -0.05) is 35.3 Å². The molecule has 0 saturated heterocycles. The monoisotopic (exact) mass is 442 g/mol. The Bertz CT molecular complexity index is 912. The van der Waals surface area contributed by atoms with E-state index in [1.54, 1.807) is 37.4 Å². The molecule has 1 saturated carbocycles. The summed E-state index contributed by atoms with van der Waals surface area (Å²) in [5.74, 6) is 0.298. The largest absolute Gasteiger partial charge is 0.393 e. The molecule has 1 fully saturated rings. The lowest BCUT2D eigenvalue weighted by molar-refractivity contribution is 0.106. The summed E-state index contributed by atoms with van der Waals surface area (Å²) >= 11 is 12.1. The van der Waals surface area contributed by atoms with Crippen molar-refractivity contribution in [3.05, 3.63) is 46.6 Å². The minimum atomic E-state index is -3.53. The van der Waals surface area contributed by atoms with Gasteiger partial charge in [0.15, 0.2) is 9.84 Å². The van der Waals surface area contributed by atoms with Gasteiger partial charge < -0.3 is 10.4 Å². The molecule has 0 radical (unpaired) electrons. The van der Waals surface area contributed by atoms with E-state index in [1.807, 2.05) is 0 Å². The number of halogens is 2. The Labute approximate surface area is 176 Å². The number of sulfone groups is 1. The highest BCUT2D eigenvalue weighted by molar-refractivity contribution is 7.92. The van der Waals surface area contributed by atoms with Gasteiger partial charge in [0, 0.05) is 11.8 Å². The van der Waals surface area contributed by atoms with Crippen LogP contribution in [0.15, 0.2) is 41.4 Å². The number of rotatable bonds is 6. The fourth-order valence-electron chi connectivity index (χ4n) is 3.68. The molecule has 2 aromatic rings. The molecule has 1 aromatic heterocycles. The van der Waals surface area contributed by atoms with E-state index in [1.165, 1.54) is 6.20 Å². The van der Waals surface area contributed by atoms with Gasteiger partial charge in [-0.05, 0) is 63.3 Å². The van der Waals surface area contributed by atoms with Gasteiger partial charge in [0.05, 0.1) is 26.7 Å². The highest BCUT2D eigenvalue weighted by atomic mass is 35.5. The number of hydrogen-bond acceptors (Lipinski definition) is 5. The van der Waals surface area contributed by atoms with Gasteiger partial charge in [-0.15, -0.1) is 0 Å². The van der Waals surface area contributed by atoms with Gasteiger partial charge in [-0.2, -0.15) is 0 Å². The zero-order valence-corrected chi connectivity index (χ0v) is 17.9. The zero-order valence-electron chi connectivity index (χ0n) is 15.6. The third-order valence-electron chi connectivity index (χ3n) is 5.32. The number of nitrogens with one attached hydrogen (secondary N) is 1. The van der Waals surface area contributed by atoms with Crippen LogP contribution in [0, 0.1) is 5.92 Å². The number of aromatic nitrogens is 1. The Morgan fingerprint density at radius 2 is 1.82 bits per heavy atom. The molecule has 2 N–H and O–H groups in total. The van der Waals surface area contributed by atoms with Crippen molar-refractivity contribution < 1.29 is 13.5 Å². The summed E-state index contributed by atoms with van der Waals surface area (Å²) in [4.78, 5) is 4.49. The molecule has 0 aliphatic heterocycles. The molecule has 1 atom stereocenters. The van der Waals surface area contributed by atoms with Crippen molar-refractivity contribution in [2.75, 3.05) is 7.05 Å². The molecule has 0 bridgehead atoms. The maximum Gasteiger partial charge on any atom is 0.194 e. The summed E-state index contributed by atoms with van der Waals surface area (Å²) in [6.07, 6.45) is 4.99. The Balaban J connectivity index is 1.78. The summed E-state index contributed by atoms with van der Waals surface area (Å²) in [7, 11) is -1.86. The van der Waals surface area contributed by atoms with E-state index in [-0.39, 0.29) is 11.0 Å². The van der Waals surface area contributed by atoms with Crippen molar-refractivity contribution in [2.45, 2.75) is 48.5 Å². The van der Waals surface area contributed by atoms with Crippen molar-refractivity contribution in [1.29, 1.82) is 0 Å². The molecular formula is C20H24Cl2N2O3S. The summed E-state index contributed by atoms with van der Waals surface area (Å²) in [5.41, 5.74) is 1.28. The number of pyridine rings is 1. The van der Waals surface area contributed by atoms with Crippen LogP contribution in [0.3, 0.4) is 0 Å². The zero-order chi connectivity index (χ0) is 20.3. The van der Waals surface area contributed by atoms with Crippen molar-refractivity contribution in [3.8, 4) is 11.3 Å². The van der Waals surface area contributed by atoms with Crippen LogP contribution >= 0.6 is 23.2 Å². The quantitative estimate of drug-likeness (QED) is 0.696. The van der Waals surface area contributed by atoms with Crippen LogP contribution in [-0.2, 0) is 9.84 Å². The van der Waals surface area contributed by atoms with Crippen molar-refractivity contribution in [1.82, 2.24) is 10.3 Å². The van der Waals surface area contributed by atoms with E-state index in [9.17, 15) is 13.5 Å². The van der Waals surface area contributed by atoms with Crippen LogP contribution < -0.4 is 5.32 Å². The molecule has 28 heavy (non-hydrogen) atoms. The average Bonchev–Trinajstić information content (AvgIpc) is 2.67. The van der Waals surface area contributed by atoms with Gasteiger partial charge in [-0.3, -0.25) is 4.98 Å². The normalized spacial score (nSPS) is 21.4. The molecule has 1 aliphatic rings. The van der Waals surface area contributed by atoms with Gasteiger partial charge in [0.25, 0.3) is 0 Å². The van der Waals surface area contributed by atoms with Crippen LogP contribution in [0.25, 0.3) is 11.3 Å². The van der Waals surface area contributed by atoms with E-state index >= 15 is 0 Å². The number of aliphatic hydroxyl groups is 1. The Morgan fingerprint density at radius 1 is 1.18 bits per heavy atom. The van der Waals surface area contributed by atoms with Crippen LogP contribution in [0.5, 0.6) is 0 Å². The second kappa shape index (κ2) is 9.09. The predicted molar refractivity (Wildman–Crippen MR) is 112 cm³/mol. The molecule has 3 rings (SSSR count). The molecular weight excluding hydrogens is 419 g/mol. The third kappa shape index (κ3) is 4.86. The Hall–Kier alpha value is -1.18. The molecule has 1 aromatic carbocycles. The number of hydrogen-bond donors (Lipinski definition) is 2. The highest BCUT2D eigenvalue weighted by Gasteiger charge is 2.30. The molecule has 5 nitrogen and oxygen atoms in total. The topological polar surface area (TPSA) is 79.3 Å². The predicted octanol–water partition coefficient (Wildman–Crippen LogP) is 4.32. The van der Waals surface area contributed by atoms with Gasteiger partial charge >= 0.3 is 0 Å². The van der Waals surface area contributed by atoms with E-state index in [0.717, 1.165) is 31.2 Å². The number of benzene rings is 1. The first kappa shape index (κ1) is 21.5. The van der Waals surface area contributed by atoms with Crippen LogP contribution in [0.4, 0.5) is 0 Å². The average molecular weight is 443 g/mol. The first-order chi connectivity index (χ1) is 13.3. The summed E-state index contributed by atoms with van der Waals surface area (Å²) < 4.78 is 26.2. The fraction of sp³-hybridized carbons (Fsp3) is 0.450. The van der Waals surface area contributed by atoms with E-state index in [2.05, 4.69) is 10.3 Å². The third-order valence-corrected chi connectivity index (χ3v) is 7.93. The van der Waals surface area contributed by atoms with E-state index in [4.69, 9.17) is 23.2 Å². The minimum absolute atomic E-state index is 0.248. The van der Waals surface area contributed by atoms with Gasteiger partial charge in [0.1, 0.15) is 5.37 Å². The summed E-state index contributed by atoms with van der Waals surface area (Å²) in [6, 6.07) is 8.20. The lowest BCUT2D eigenvalue weighted by atomic mass is 9.85. The Kier molecular flexibility index (Phi) is 6.99. The maximum absolute atomic E-state index is 13.1. The minimum Gasteiger partial charge on any atom is -0.393 e. The molecule has 1 heterocycles. The maximum atomic E-state index is 13.1. The molecule has 1 unspecified atom stereocenters. The Morgan fingerprint density at radius 3 is 2.39 bits per heavy atom. The standard InChI is InChI=1S/C20H24Cl2N2O3S/c1-23-19(10-13-2-6-16(25)7-3-13)28(26,27)17-8-4-14(5-9-17)20-18(22)11-15(21)12-24-20/h4-5,8-9,11-13,16,19,23,25H,2-3,6-7,10H2,1H3. The molecule has 8 heteroatoms. The first-order valence-corrected chi connectivity index (χ1v) is 11.6. The van der Waals surface area contributed by atoms with E-state index in [0.29, 0.717) is 28.1 Å².